The molecule has 0 bridgehead atoms. The van der Waals surface area contributed by atoms with Gasteiger partial charge in [0.1, 0.15) is 12.1 Å². The average Bonchev–Trinajstić information content (AvgIpc) is 2.28. The number of aliphatic hydroxyl groups is 1. The van der Waals surface area contributed by atoms with Gasteiger partial charge in [0.15, 0.2) is 6.10 Å². The summed E-state index contributed by atoms with van der Waals surface area (Å²) in [5, 5.41) is 9.56. The summed E-state index contributed by atoms with van der Waals surface area (Å²) in [5.41, 5.74) is -0.0320. The SMILES string of the molecule is CCOC(=O)C(O)c1cc(F)ccc1C=O. The molecule has 4 nitrogen and oxygen atoms in total. The average molecular weight is 226 g/mol. The third kappa shape index (κ3) is 2.64. The van der Waals surface area contributed by atoms with Crippen LogP contribution in [0.15, 0.2) is 18.2 Å². The second kappa shape index (κ2) is 5.37. The lowest BCUT2D eigenvalue weighted by Gasteiger charge is -2.11. The standard InChI is InChI=1S/C11H11FO4/c1-2-16-11(15)10(14)9-5-8(12)4-3-7(9)6-13/h3-6,10,14H,2H2,1H3. The molecular weight excluding hydrogens is 215 g/mol. The molecule has 86 valence electrons. The summed E-state index contributed by atoms with van der Waals surface area (Å²) in [5.74, 6) is -1.54. The van der Waals surface area contributed by atoms with E-state index in [1.54, 1.807) is 6.92 Å². The molecule has 0 fully saturated rings. The molecule has 1 unspecified atom stereocenters. The van der Waals surface area contributed by atoms with Gasteiger partial charge in [0.05, 0.1) is 6.61 Å². The lowest BCUT2D eigenvalue weighted by molar-refractivity contribution is -0.153. The maximum Gasteiger partial charge on any atom is 0.339 e. The highest BCUT2D eigenvalue weighted by molar-refractivity contribution is 5.83. The number of benzene rings is 1. The fraction of sp³-hybridized carbons (Fsp3) is 0.273. The van der Waals surface area contributed by atoms with Crippen molar-refractivity contribution in [3.8, 4) is 0 Å². The first-order chi connectivity index (χ1) is 7.60. The van der Waals surface area contributed by atoms with Crippen molar-refractivity contribution in [3.63, 3.8) is 0 Å². The highest BCUT2D eigenvalue weighted by atomic mass is 19.1. The quantitative estimate of drug-likeness (QED) is 0.619. The number of ether oxygens (including phenoxy) is 1. The first-order valence-electron chi connectivity index (χ1n) is 4.69. The Morgan fingerprint density at radius 3 is 2.88 bits per heavy atom. The van der Waals surface area contributed by atoms with Crippen LogP contribution in [-0.2, 0) is 9.53 Å². The highest BCUT2D eigenvalue weighted by Gasteiger charge is 2.22. The second-order valence-corrected chi connectivity index (χ2v) is 3.05. The van der Waals surface area contributed by atoms with Crippen LogP contribution in [0.4, 0.5) is 4.39 Å². The van der Waals surface area contributed by atoms with Gasteiger partial charge in [-0.25, -0.2) is 9.18 Å². The Hall–Kier alpha value is -1.75. The van der Waals surface area contributed by atoms with Crippen LogP contribution < -0.4 is 0 Å². The Morgan fingerprint density at radius 1 is 1.62 bits per heavy atom. The molecule has 0 aliphatic rings. The van der Waals surface area contributed by atoms with Crippen LogP contribution in [0.3, 0.4) is 0 Å². The third-order valence-corrected chi connectivity index (χ3v) is 1.98. The zero-order chi connectivity index (χ0) is 12.1. The maximum absolute atomic E-state index is 12.9. The van der Waals surface area contributed by atoms with E-state index >= 15 is 0 Å². The fourth-order valence-electron chi connectivity index (χ4n) is 1.24. The van der Waals surface area contributed by atoms with Gasteiger partial charge >= 0.3 is 5.97 Å². The van der Waals surface area contributed by atoms with E-state index in [-0.39, 0.29) is 17.7 Å². The molecule has 1 aromatic rings. The van der Waals surface area contributed by atoms with Crippen molar-refractivity contribution in [2.75, 3.05) is 6.61 Å². The van der Waals surface area contributed by atoms with Crippen molar-refractivity contribution >= 4 is 12.3 Å². The number of halogens is 1. The van der Waals surface area contributed by atoms with Gasteiger partial charge in [-0.3, -0.25) is 4.79 Å². The summed E-state index contributed by atoms with van der Waals surface area (Å²) in [4.78, 5) is 21.9. The molecular formula is C11H11FO4. The van der Waals surface area contributed by atoms with Gasteiger partial charge in [-0.1, -0.05) is 0 Å². The molecule has 0 amide bonds. The Bertz CT molecular complexity index is 403. The lowest BCUT2D eigenvalue weighted by atomic mass is 10.0. The number of carbonyl (C=O) groups excluding carboxylic acids is 2. The van der Waals surface area contributed by atoms with Crippen molar-refractivity contribution in [2.45, 2.75) is 13.0 Å². The van der Waals surface area contributed by atoms with Crippen LogP contribution in [0, 0.1) is 5.82 Å². The molecule has 5 heteroatoms. The molecule has 1 aromatic carbocycles. The van der Waals surface area contributed by atoms with Crippen LogP contribution in [0.5, 0.6) is 0 Å². The van der Waals surface area contributed by atoms with Crippen LogP contribution in [0.1, 0.15) is 28.9 Å². The van der Waals surface area contributed by atoms with Crippen molar-refractivity contribution in [1.82, 2.24) is 0 Å². The van der Waals surface area contributed by atoms with Gasteiger partial charge in [0.2, 0.25) is 0 Å². The van der Waals surface area contributed by atoms with E-state index in [0.29, 0.717) is 6.29 Å². The van der Waals surface area contributed by atoms with E-state index in [9.17, 15) is 19.1 Å². The predicted molar refractivity (Wildman–Crippen MR) is 53.4 cm³/mol. The first kappa shape index (κ1) is 12.3. The normalized spacial score (nSPS) is 11.9. The molecule has 0 aliphatic carbocycles. The van der Waals surface area contributed by atoms with Crippen molar-refractivity contribution in [3.05, 3.63) is 35.1 Å². The number of hydrogen-bond acceptors (Lipinski definition) is 4. The molecule has 0 saturated heterocycles. The molecule has 0 radical (unpaired) electrons. The van der Waals surface area contributed by atoms with Crippen LogP contribution in [0.25, 0.3) is 0 Å². The van der Waals surface area contributed by atoms with Gasteiger partial charge in [-0.05, 0) is 25.1 Å². The molecule has 1 rings (SSSR count). The number of carbonyl (C=O) groups is 2. The molecule has 1 atom stereocenters. The van der Waals surface area contributed by atoms with Gasteiger partial charge < -0.3 is 9.84 Å². The fourth-order valence-corrected chi connectivity index (χ4v) is 1.24. The summed E-state index contributed by atoms with van der Waals surface area (Å²) >= 11 is 0. The van der Waals surface area contributed by atoms with E-state index in [1.165, 1.54) is 6.07 Å². The van der Waals surface area contributed by atoms with Crippen LogP contribution >= 0.6 is 0 Å². The van der Waals surface area contributed by atoms with Gasteiger partial charge in [-0.2, -0.15) is 0 Å². The van der Waals surface area contributed by atoms with E-state index in [2.05, 4.69) is 4.74 Å². The van der Waals surface area contributed by atoms with Gasteiger partial charge in [0.25, 0.3) is 0 Å². The Morgan fingerprint density at radius 2 is 2.31 bits per heavy atom. The Balaban J connectivity index is 3.05. The number of hydrogen-bond donors (Lipinski definition) is 1. The van der Waals surface area contributed by atoms with E-state index in [0.717, 1.165) is 12.1 Å². The molecule has 16 heavy (non-hydrogen) atoms. The van der Waals surface area contributed by atoms with E-state index < -0.39 is 17.9 Å². The number of aliphatic hydroxyl groups excluding tert-OH is 1. The minimum absolute atomic E-state index is 0.0574. The zero-order valence-corrected chi connectivity index (χ0v) is 8.64. The summed E-state index contributed by atoms with van der Waals surface area (Å²) in [7, 11) is 0. The summed E-state index contributed by atoms with van der Waals surface area (Å²) in [6.07, 6.45) is -1.20. The molecule has 0 aliphatic heterocycles. The summed E-state index contributed by atoms with van der Waals surface area (Å²) < 4.78 is 17.5. The summed E-state index contributed by atoms with van der Waals surface area (Å²) in [6, 6.07) is 3.20. The van der Waals surface area contributed by atoms with Gasteiger partial charge in [0, 0.05) is 11.1 Å². The maximum atomic E-state index is 12.9. The minimum atomic E-state index is -1.64. The highest BCUT2D eigenvalue weighted by Crippen LogP contribution is 2.19. The largest absolute Gasteiger partial charge is 0.464 e. The monoisotopic (exact) mass is 226 g/mol. The molecule has 0 spiro atoms. The predicted octanol–water partition coefficient (Wildman–Crippen LogP) is 1.23. The number of aldehydes is 1. The molecule has 0 saturated carbocycles. The second-order valence-electron chi connectivity index (χ2n) is 3.05. The minimum Gasteiger partial charge on any atom is -0.464 e. The smallest absolute Gasteiger partial charge is 0.339 e. The van der Waals surface area contributed by atoms with E-state index in [4.69, 9.17) is 0 Å². The molecule has 1 N–H and O–H groups in total. The van der Waals surface area contributed by atoms with Crippen LogP contribution in [0.2, 0.25) is 0 Å². The van der Waals surface area contributed by atoms with Crippen molar-refractivity contribution in [2.24, 2.45) is 0 Å². The lowest BCUT2D eigenvalue weighted by Crippen LogP contribution is -2.17. The van der Waals surface area contributed by atoms with Crippen molar-refractivity contribution < 1.29 is 23.8 Å². The number of esters is 1. The molecule has 0 aromatic heterocycles. The molecule has 0 heterocycles. The Labute approximate surface area is 91.7 Å². The number of rotatable bonds is 4. The third-order valence-electron chi connectivity index (χ3n) is 1.98. The van der Waals surface area contributed by atoms with Crippen molar-refractivity contribution in [1.29, 1.82) is 0 Å². The topological polar surface area (TPSA) is 63.6 Å². The van der Waals surface area contributed by atoms with Crippen LogP contribution in [-0.4, -0.2) is 24.0 Å². The van der Waals surface area contributed by atoms with E-state index in [1.807, 2.05) is 0 Å². The zero-order valence-electron chi connectivity index (χ0n) is 8.64. The van der Waals surface area contributed by atoms with Gasteiger partial charge in [-0.15, -0.1) is 0 Å². The summed E-state index contributed by atoms with van der Waals surface area (Å²) in [6.45, 7) is 1.68. The first-order valence-corrected chi connectivity index (χ1v) is 4.69. The Kier molecular flexibility index (Phi) is 4.13.